The van der Waals surface area contributed by atoms with Gasteiger partial charge in [-0.3, -0.25) is 4.79 Å². The van der Waals surface area contributed by atoms with Crippen LogP contribution in [0.25, 0.3) is 0 Å². The molecule has 21 heavy (non-hydrogen) atoms. The van der Waals surface area contributed by atoms with E-state index in [0.717, 1.165) is 35.0 Å². The van der Waals surface area contributed by atoms with Gasteiger partial charge in [0.2, 0.25) is 5.91 Å². The van der Waals surface area contributed by atoms with Crippen LogP contribution in [0.3, 0.4) is 0 Å². The first kappa shape index (κ1) is 14.3. The lowest BCUT2D eigenvalue weighted by Gasteiger charge is -2.24. The average Bonchev–Trinajstić information content (AvgIpc) is 2.50. The van der Waals surface area contributed by atoms with E-state index in [1.807, 2.05) is 31.2 Å². The standard InChI is InChI=1S/C18H18BrNO/c1-12-9-10-14(11-17(12)19)20-18(21)16-8-4-6-13-5-2-3-7-15(13)16/h2-3,5,7,9-11,16H,4,6,8H2,1H3,(H,20,21). The van der Waals surface area contributed by atoms with Gasteiger partial charge < -0.3 is 5.32 Å². The number of carbonyl (C=O) groups excluding carboxylic acids is 1. The van der Waals surface area contributed by atoms with Gasteiger partial charge in [-0.2, -0.15) is 0 Å². The van der Waals surface area contributed by atoms with Crippen LogP contribution in [0.2, 0.25) is 0 Å². The SMILES string of the molecule is Cc1ccc(NC(=O)C2CCCc3ccccc32)cc1Br. The van der Waals surface area contributed by atoms with Gasteiger partial charge in [-0.05, 0) is 55.0 Å². The van der Waals surface area contributed by atoms with E-state index in [1.54, 1.807) is 0 Å². The summed E-state index contributed by atoms with van der Waals surface area (Å²) in [6, 6.07) is 14.2. The van der Waals surface area contributed by atoms with Gasteiger partial charge >= 0.3 is 0 Å². The second kappa shape index (κ2) is 6.02. The summed E-state index contributed by atoms with van der Waals surface area (Å²) < 4.78 is 1.02. The predicted octanol–water partition coefficient (Wildman–Crippen LogP) is 4.82. The number of hydrogen-bond acceptors (Lipinski definition) is 1. The van der Waals surface area contributed by atoms with Crippen molar-refractivity contribution < 1.29 is 4.79 Å². The van der Waals surface area contributed by atoms with Crippen LogP contribution in [0.15, 0.2) is 46.9 Å². The molecule has 1 N–H and O–H groups in total. The third-order valence-electron chi connectivity index (χ3n) is 4.13. The Hall–Kier alpha value is -1.61. The molecule has 1 atom stereocenters. The van der Waals surface area contributed by atoms with Crippen molar-refractivity contribution in [2.24, 2.45) is 0 Å². The molecule has 0 spiro atoms. The molecule has 2 aromatic carbocycles. The van der Waals surface area contributed by atoms with Gasteiger partial charge in [0.05, 0.1) is 5.92 Å². The molecule has 0 fully saturated rings. The third kappa shape index (κ3) is 3.03. The molecular weight excluding hydrogens is 326 g/mol. The van der Waals surface area contributed by atoms with Gasteiger partial charge in [0, 0.05) is 10.2 Å². The summed E-state index contributed by atoms with van der Waals surface area (Å²) >= 11 is 3.51. The number of aryl methyl sites for hydroxylation is 2. The molecule has 0 radical (unpaired) electrons. The number of carbonyl (C=O) groups is 1. The minimum Gasteiger partial charge on any atom is -0.326 e. The maximum absolute atomic E-state index is 12.6. The van der Waals surface area contributed by atoms with E-state index in [1.165, 1.54) is 11.1 Å². The molecule has 108 valence electrons. The Morgan fingerprint density at radius 3 is 2.86 bits per heavy atom. The molecule has 3 heteroatoms. The second-order valence-corrected chi connectivity index (χ2v) is 6.45. The van der Waals surface area contributed by atoms with Gasteiger partial charge in [0.15, 0.2) is 0 Å². The Morgan fingerprint density at radius 2 is 2.05 bits per heavy atom. The number of nitrogens with one attached hydrogen (secondary N) is 1. The molecule has 3 rings (SSSR count). The molecule has 0 saturated carbocycles. The summed E-state index contributed by atoms with van der Waals surface area (Å²) in [5.41, 5.74) is 4.51. The second-order valence-electron chi connectivity index (χ2n) is 5.60. The summed E-state index contributed by atoms with van der Waals surface area (Å²) in [6.07, 6.45) is 3.08. The van der Waals surface area contributed by atoms with Crippen LogP contribution in [0.4, 0.5) is 5.69 Å². The molecule has 0 bridgehead atoms. The van der Waals surface area contributed by atoms with E-state index in [0.29, 0.717) is 0 Å². The number of halogens is 1. The van der Waals surface area contributed by atoms with Crippen LogP contribution in [-0.4, -0.2) is 5.91 Å². The highest BCUT2D eigenvalue weighted by Crippen LogP contribution is 2.32. The summed E-state index contributed by atoms with van der Waals surface area (Å²) in [7, 11) is 0. The van der Waals surface area contributed by atoms with E-state index in [2.05, 4.69) is 39.4 Å². The maximum atomic E-state index is 12.6. The zero-order valence-electron chi connectivity index (χ0n) is 12.0. The molecule has 1 unspecified atom stereocenters. The van der Waals surface area contributed by atoms with Crippen molar-refractivity contribution >= 4 is 27.5 Å². The van der Waals surface area contributed by atoms with Gasteiger partial charge in [0.1, 0.15) is 0 Å². The van der Waals surface area contributed by atoms with Crippen LogP contribution >= 0.6 is 15.9 Å². The molecule has 0 saturated heterocycles. The summed E-state index contributed by atoms with van der Waals surface area (Å²) in [5, 5.41) is 3.05. The van der Waals surface area contributed by atoms with E-state index in [9.17, 15) is 4.79 Å². The number of rotatable bonds is 2. The van der Waals surface area contributed by atoms with Crippen molar-refractivity contribution in [3.05, 3.63) is 63.6 Å². The van der Waals surface area contributed by atoms with Crippen LogP contribution in [0.1, 0.15) is 35.4 Å². The monoisotopic (exact) mass is 343 g/mol. The van der Waals surface area contributed by atoms with Gasteiger partial charge in [-0.1, -0.05) is 46.3 Å². The molecule has 2 aromatic rings. The minimum absolute atomic E-state index is 0.0324. The van der Waals surface area contributed by atoms with E-state index in [-0.39, 0.29) is 11.8 Å². The normalized spacial score (nSPS) is 17.1. The number of amides is 1. The van der Waals surface area contributed by atoms with E-state index < -0.39 is 0 Å². The predicted molar refractivity (Wildman–Crippen MR) is 89.6 cm³/mol. The van der Waals surface area contributed by atoms with Crippen molar-refractivity contribution in [3.63, 3.8) is 0 Å². The lowest BCUT2D eigenvalue weighted by molar-refractivity contribution is -0.117. The molecule has 1 aliphatic rings. The third-order valence-corrected chi connectivity index (χ3v) is 4.98. The first-order chi connectivity index (χ1) is 10.1. The smallest absolute Gasteiger partial charge is 0.231 e. The van der Waals surface area contributed by atoms with E-state index >= 15 is 0 Å². The molecule has 0 heterocycles. The van der Waals surface area contributed by atoms with Crippen molar-refractivity contribution in [3.8, 4) is 0 Å². The number of fused-ring (bicyclic) bond motifs is 1. The summed E-state index contributed by atoms with van der Waals surface area (Å²) in [5.74, 6) is 0.0629. The first-order valence-corrected chi connectivity index (χ1v) is 8.09. The highest BCUT2D eigenvalue weighted by Gasteiger charge is 2.26. The molecular formula is C18H18BrNO. The van der Waals surface area contributed by atoms with Crippen LogP contribution in [0.5, 0.6) is 0 Å². The maximum Gasteiger partial charge on any atom is 0.231 e. The lowest BCUT2D eigenvalue weighted by atomic mass is 9.82. The van der Waals surface area contributed by atoms with Gasteiger partial charge in [-0.25, -0.2) is 0 Å². The molecule has 2 nitrogen and oxygen atoms in total. The Kier molecular flexibility index (Phi) is 4.11. The lowest BCUT2D eigenvalue weighted by Crippen LogP contribution is -2.24. The van der Waals surface area contributed by atoms with Crippen molar-refractivity contribution in [1.29, 1.82) is 0 Å². The molecule has 1 amide bonds. The van der Waals surface area contributed by atoms with Crippen LogP contribution in [0, 0.1) is 6.92 Å². The largest absolute Gasteiger partial charge is 0.326 e. The van der Waals surface area contributed by atoms with Crippen molar-refractivity contribution in [1.82, 2.24) is 0 Å². The Labute approximate surface area is 133 Å². The fourth-order valence-corrected chi connectivity index (χ4v) is 3.31. The number of anilines is 1. The van der Waals surface area contributed by atoms with Crippen LogP contribution in [-0.2, 0) is 11.2 Å². The highest BCUT2D eigenvalue weighted by atomic mass is 79.9. The number of hydrogen-bond donors (Lipinski definition) is 1. The summed E-state index contributed by atoms with van der Waals surface area (Å²) in [6.45, 7) is 2.03. The topological polar surface area (TPSA) is 29.1 Å². The molecule has 1 aliphatic carbocycles. The highest BCUT2D eigenvalue weighted by molar-refractivity contribution is 9.10. The fourth-order valence-electron chi connectivity index (χ4n) is 2.93. The average molecular weight is 344 g/mol. The molecule has 0 aliphatic heterocycles. The zero-order chi connectivity index (χ0) is 14.8. The van der Waals surface area contributed by atoms with Gasteiger partial charge in [0.25, 0.3) is 0 Å². The minimum atomic E-state index is -0.0324. The summed E-state index contributed by atoms with van der Waals surface area (Å²) in [4.78, 5) is 12.6. The van der Waals surface area contributed by atoms with Crippen molar-refractivity contribution in [2.75, 3.05) is 5.32 Å². The quantitative estimate of drug-likeness (QED) is 0.832. The first-order valence-electron chi connectivity index (χ1n) is 7.30. The van der Waals surface area contributed by atoms with E-state index in [4.69, 9.17) is 0 Å². The van der Waals surface area contributed by atoms with Crippen molar-refractivity contribution in [2.45, 2.75) is 32.1 Å². The Morgan fingerprint density at radius 1 is 1.24 bits per heavy atom. The Balaban J connectivity index is 1.81. The Bertz CT molecular complexity index is 681. The van der Waals surface area contributed by atoms with Gasteiger partial charge in [-0.15, -0.1) is 0 Å². The fraction of sp³-hybridized carbons (Fsp3) is 0.278. The number of benzene rings is 2. The van der Waals surface area contributed by atoms with Crippen LogP contribution < -0.4 is 5.32 Å². The molecule has 0 aromatic heterocycles. The zero-order valence-corrected chi connectivity index (χ0v) is 13.6.